The first-order valence-corrected chi connectivity index (χ1v) is 7.51. The molecule has 1 atom stereocenters. The number of rotatable bonds is 3. The number of aromatic amines is 1. The predicted molar refractivity (Wildman–Crippen MR) is 84.0 cm³/mol. The molecule has 0 saturated carbocycles. The standard InChI is InChI=1S/C16H16F2N4O2/c1-9-2-3-11(17)14(15(9)18)16(24)21-10-4-5-22(7-10)12-6-13(23)20-8-19-12/h2-3,6,8,10H,4-5,7H2,1H3,(H,21,24)(H,19,20,23)/t10-/m0/s1. The number of hydrogen-bond donors (Lipinski definition) is 2. The molecule has 3 rings (SSSR count). The van der Waals surface area contributed by atoms with Crippen LogP contribution in [0.4, 0.5) is 14.6 Å². The van der Waals surface area contributed by atoms with Crippen molar-refractivity contribution in [3.05, 3.63) is 57.6 Å². The maximum absolute atomic E-state index is 14.0. The molecule has 0 unspecified atom stereocenters. The van der Waals surface area contributed by atoms with Crippen LogP contribution >= 0.6 is 0 Å². The van der Waals surface area contributed by atoms with Crippen molar-refractivity contribution < 1.29 is 13.6 Å². The molecule has 1 aromatic heterocycles. The Hall–Kier alpha value is -2.77. The van der Waals surface area contributed by atoms with Crippen LogP contribution in [-0.2, 0) is 0 Å². The normalized spacial score (nSPS) is 17.1. The number of carbonyl (C=O) groups excluding carboxylic acids is 1. The van der Waals surface area contributed by atoms with Crippen molar-refractivity contribution in [2.45, 2.75) is 19.4 Å². The molecular weight excluding hydrogens is 318 g/mol. The summed E-state index contributed by atoms with van der Waals surface area (Å²) in [6, 6.07) is 3.45. The molecule has 0 radical (unpaired) electrons. The van der Waals surface area contributed by atoms with E-state index in [0.29, 0.717) is 25.3 Å². The summed E-state index contributed by atoms with van der Waals surface area (Å²) in [6.07, 6.45) is 1.90. The van der Waals surface area contributed by atoms with Crippen LogP contribution in [0.5, 0.6) is 0 Å². The molecule has 1 saturated heterocycles. The summed E-state index contributed by atoms with van der Waals surface area (Å²) in [4.78, 5) is 31.9. The first-order chi connectivity index (χ1) is 11.5. The van der Waals surface area contributed by atoms with Gasteiger partial charge in [-0.2, -0.15) is 0 Å². The van der Waals surface area contributed by atoms with E-state index in [1.165, 1.54) is 25.4 Å². The summed E-state index contributed by atoms with van der Waals surface area (Å²) in [7, 11) is 0. The summed E-state index contributed by atoms with van der Waals surface area (Å²) in [6.45, 7) is 2.47. The van der Waals surface area contributed by atoms with Gasteiger partial charge in [0.15, 0.2) is 0 Å². The highest BCUT2D eigenvalue weighted by Crippen LogP contribution is 2.19. The lowest BCUT2D eigenvalue weighted by molar-refractivity contribution is 0.0931. The highest BCUT2D eigenvalue weighted by molar-refractivity contribution is 5.95. The zero-order valence-electron chi connectivity index (χ0n) is 13.0. The van der Waals surface area contributed by atoms with E-state index in [9.17, 15) is 18.4 Å². The number of anilines is 1. The quantitative estimate of drug-likeness (QED) is 0.889. The fraction of sp³-hybridized carbons (Fsp3) is 0.312. The number of aryl methyl sites for hydroxylation is 1. The van der Waals surface area contributed by atoms with Gasteiger partial charge in [0.05, 0.1) is 6.33 Å². The number of nitrogens with one attached hydrogen (secondary N) is 2. The summed E-state index contributed by atoms with van der Waals surface area (Å²) in [5.41, 5.74) is -0.624. The number of halogens is 2. The largest absolute Gasteiger partial charge is 0.354 e. The molecule has 1 aromatic carbocycles. The van der Waals surface area contributed by atoms with Gasteiger partial charge in [-0.1, -0.05) is 6.07 Å². The molecular formula is C16H16F2N4O2. The minimum Gasteiger partial charge on any atom is -0.354 e. The number of carbonyl (C=O) groups is 1. The van der Waals surface area contributed by atoms with E-state index in [4.69, 9.17) is 0 Å². The van der Waals surface area contributed by atoms with Gasteiger partial charge in [-0.25, -0.2) is 13.8 Å². The summed E-state index contributed by atoms with van der Waals surface area (Å²) < 4.78 is 27.8. The highest BCUT2D eigenvalue weighted by Gasteiger charge is 2.27. The van der Waals surface area contributed by atoms with E-state index in [0.717, 1.165) is 6.07 Å². The van der Waals surface area contributed by atoms with E-state index < -0.39 is 23.1 Å². The van der Waals surface area contributed by atoms with Gasteiger partial charge in [0.1, 0.15) is 23.0 Å². The molecule has 1 fully saturated rings. The summed E-state index contributed by atoms with van der Waals surface area (Å²) in [5.74, 6) is -2.01. The van der Waals surface area contributed by atoms with Crippen LogP contribution < -0.4 is 15.8 Å². The lowest BCUT2D eigenvalue weighted by atomic mass is 10.1. The van der Waals surface area contributed by atoms with Gasteiger partial charge in [-0.3, -0.25) is 9.59 Å². The molecule has 8 heteroatoms. The number of hydrogen-bond acceptors (Lipinski definition) is 4. The van der Waals surface area contributed by atoms with E-state index in [1.54, 1.807) is 0 Å². The van der Waals surface area contributed by atoms with Crippen LogP contribution in [-0.4, -0.2) is 35.0 Å². The Bertz CT molecular complexity index is 837. The fourth-order valence-electron chi connectivity index (χ4n) is 2.74. The van der Waals surface area contributed by atoms with E-state index in [-0.39, 0.29) is 17.2 Å². The predicted octanol–water partition coefficient (Wildman–Crippen LogP) is 1.37. The van der Waals surface area contributed by atoms with Crippen LogP contribution in [0.25, 0.3) is 0 Å². The Morgan fingerprint density at radius 2 is 2.21 bits per heavy atom. The number of nitrogens with zero attached hydrogens (tertiary/aromatic N) is 2. The average molecular weight is 334 g/mol. The van der Waals surface area contributed by atoms with Crippen molar-refractivity contribution in [2.24, 2.45) is 0 Å². The van der Waals surface area contributed by atoms with Gasteiger partial charge in [0.25, 0.3) is 11.5 Å². The minimum atomic E-state index is -0.887. The second kappa shape index (κ2) is 6.38. The Kier molecular flexibility index (Phi) is 4.28. The summed E-state index contributed by atoms with van der Waals surface area (Å²) >= 11 is 0. The van der Waals surface area contributed by atoms with Gasteiger partial charge < -0.3 is 15.2 Å². The molecule has 2 aromatic rings. The van der Waals surface area contributed by atoms with Gasteiger partial charge in [0, 0.05) is 25.2 Å². The van der Waals surface area contributed by atoms with Gasteiger partial charge >= 0.3 is 0 Å². The van der Waals surface area contributed by atoms with E-state index in [2.05, 4.69) is 15.3 Å². The van der Waals surface area contributed by atoms with Crippen molar-refractivity contribution in [1.29, 1.82) is 0 Å². The highest BCUT2D eigenvalue weighted by atomic mass is 19.1. The van der Waals surface area contributed by atoms with Crippen LogP contribution in [0, 0.1) is 18.6 Å². The Morgan fingerprint density at radius 1 is 1.42 bits per heavy atom. The smallest absolute Gasteiger partial charge is 0.257 e. The van der Waals surface area contributed by atoms with Crippen LogP contribution in [0.3, 0.4) is 0 Å². The van der Waals surface area contributed by atoms with Crippen LogP contribution in [0.1, 0.15) is 22.3 Å². The van der Waals surface area contributed by atoms with Gasteiger partial charge in [0.2, 0.25) is 0 Å². The Labute approximate surface area is 136 Å². The Morgan fingerprint density at radius 3 is 2.96 bits per heavy atom. The van der Waals surface area contributed by atoms with Crippen LogP contribution in [0.2, 0.25) is 0 Å². The number of amides is 1. The number of H-pyrrole nitrogens is 1. The number of benzene rings is 1. The van der Waals surface area contributed by atoms with E-state index >= 15 is 0 Å². The van der Waals surface area contributed by atoms with E-state index in [1.807, 2.05) is 4.90 Å². The second-order valence-corrected chi connectivity index (χ2v) is 5.73. The SMILES string of the molecule is Cc1ccc(F)c(C(=O)N[C@H]2CCN(c3cc(=O)[nH]cn3)C2)c1F. The van der Waals surface area contributed by atoms with Gasteiger partial charge in [-0.05, 0) is 25.0 Å². The molecule has 1 aliphatic rings. The third kappa shape index (κ3) is 3.12. The van der Waals surface area contributed by atoms with Crippen LogP contribution in [0.15, 0.2) is 29.3 Å². The van der Waals surface area contributed by atoms with Crippen molar-refractivity contribution in [1.82, 2.24) is 15.3 Å². The van der Waals surface area contributed by atoms with Crippen molar-refractivity contribution >= 4 is 11.7 Å². The number of aromatic nitrogens is 2. The topological polar surface area (TPSA) is 78.1 Å². The average Bonchev–Trinajstić information content (AvgIpc) is 3.00. The molecule has 1 aliphatic heterocycles. The molecule has 6 nitrogen and oxygen atoms in total. The molecule has 1 amide bonds. The fourth-order valence-corrected chi connectivity index (χ4v) is 2.74. The van der Waals surface area contributed by atoms with Crippen molar-refractivity contribution in [2.75, 3.05) is 18.0 Å². The zero-order valence-corrected chi connectivity index (χ0v) is 13.0. The maximum Gasteiger partial charge on any atom is 0.257 e. The third-order valence-corrected chi connectivity index (χ3v) is 4.02. The maximum atomic E-state index is 14.0. The molecule has 0 bridgehead atoms. The van der Waals surface area contributed by atoms with Gasteiger partial charge in [-0.15, -0.1) is 0 Å². The molecule has 0 aliphatic carbocycles. The molecule has 0 spiro atoms. The Balaban J connectivity index is 1.71. The first kappa shape index (κ1) is 16.1. The molecule has 2 heterocycles. The third-order valence-electron chi connectivity index (χ3n) is 4.02. The second-order valence-electron chi connectivity index (χ2n) is 5.73. The van der Waals surface area contributed by atoms with Crippen molar-refractivity contribution in [3.63, 3.8) is 0 Å². The molecule has 126 valence electrons. The lowest BCUT2D eigenvalue weighted by Gasteiger charge is -2.17. The first-order valence-electron chi connectivity index (χ1n) is 7.51. The molecule has 24 heavy (non-hydrogen) atoms. The molecule has 2 N–H and O–H groups in total. The lowest BCUT2D eigenvalue weighted by Crippen LogP contribution is -2.38. The summed E-state index contributed by atoms with van der Waals surface area (Å²) in [5, 5.41) is 2.64. The zero-order chi connectivity index (χ0) is 17.3. The van der Waals surface area contributed by atoms with Crippen molar-refractivity contribution in [3.8, 4) is 0 Å². The monoisotopic (exact) mass is 334 g/mol. The minimum absolute atomic E-state index is 0.210.